The maximum Gasteiger partial charge on any atom is 0.275 e. The van der Waals surface area contributed by atoms with Gasteiger partial charge in [-0.1, -0.05) is 12.1 Å². The Morgan fingerprint density at radius 2 is 1.63 bits per heavy atom. The number of carbonyl (C=O) groups is 1. The van der Waals surface area contributed by atoms with Crippen LogP contribution >= 0.6 is 12.2 Å². The van der Waals surface area contributed by atoms with Crippen LogP contribution in [-0.4, -0.2) is 53.3 Å². The summed E-state index contributed by atoms with van der Waals surface area (Å²) in [5, 5.41) is 3.07. The van der Waals surface area contributed by atoms with Crippen LogP contribution < -0.4 is 15.1 Å². The fourth-order valence-corrected chi connectivity index (χ4v) is 4.33. The Bertz CT molecular complexity index is 855. The number of fused-ring (bicyclic) bond motifs is 1. The van der Waals surface area contributed by atoms with E-state index in [1.807, 2.05) is 20.8 Å². The molecule has 6 nitrogen and oxygen atoms in total. The summed E-state index contributed by atoms with van der Waals surface area (Å²) in [7, 11) is 0. The third-order valence-corrected chi connectivity index (χ3v) is 5.65. The van der Waals surface area contributed by atoms with E-state index in [1.165, 1.54) is 20.8 Å². The molecule has 7 heteroatoms. The van der Waals surface area contributed by atoms with Gasteiger partial charge in [-0.2, -0.15) is 0 Å². The van der Waals surface area contributed by atoms with E-state index in [4.69, 9.17) is 12.2 Å². The number of hydrogen-bond acceptors (Lipinski definition) is 2. The maximum absolute atomic E-state index is 12.2. The van der Waals surface area contributed by atoms with Crippen molar-refractivity contribution in [3.8, 4) is 0 Å². The predicted molar refractivity (Wildman–Crippen MR) is 111 cm³/mol. The largest absolute Gasteiger partial charge is 0.347 e. The Morgan fingerprint density at radius 1 is 1.07 bits per heavy atom. The number of nitrogens with zero attached hydrogens (tertiary/aromatic N) is 2. The molecule has 148 valence electrons. The van der Waals surface area contributed by atoms with Crippen LogP contribution in [0.5, 0.6) is 0 Å². The molecule has 0 saturated carbocycles. The standard InChI is InChI=1S/C20H31N5OS/c1-5-24-16-8-6-7-9-17(16)25(19(24)27)15-23-12-10-22(11-13-23)14-18(26)21-20(2,3)4/h6-9H,5,10-15H2,1-4H3,(H,21,26)/p+2. The van der Waals surface area contributed by atoms with Gasteiger partial charge in [-0.05, 0) is 52.0 Å². The number of aryl methyl sites for hydroxylation is 1. The topological polar surface area (TPSA) is 47.8 Å². The van der Waals surface area contributed by atoms with E-state index < -0.39 is 0 Å². The van der Waals surface area contributed by atoms with Crippen LogP contribution in [-0.2, 0) is 18.0 Å². The van der Waals surface area contributed by atoms with Gasteiger partial charge < -0.3 is 19.7 Å². The van der Waals surface area contributed by atoms with Gasteiger partial charge in [-0.3, -0.25) is 9.36 Å². The number of piperazine rings is 1. The summed E-state index contributed by atoms with van der Waals surface area (Å²) in [6, 6.07) is 8.47. The molecule has 1 aromatic carbocycles. The normalized spacial score (nSPS) is 20.7. The highest BCUT2D eigenvalue weighted by Crippen LogP contribution is 2.16. The zero-order valence-electron chi connectivity index (χ0n) is 17.0. The van der Waals surface area contributed by atoms with Crippen LogP contribution in [0.4, 0.5) is 0 Å². The van der Waals surface area contributed by atoms with Crippen LogP contribution in [0.2, 0.25) is 0 Å². The molecular weight excluding hydrogens is 358 g/mol. The third-order valence-electron chi connectivity index (χ3n) is 5.21. The number of para-hydroxylation sites is 2. The summed E-state index contributed by atoms with van der Waals surface area (Å²) < 4.78 is 5.40. The molecule has 27 heavy (non-hydrogen) atoms. The molecule has 2 heterocycles. The molecule has 1 amide bonds. The fraction of sp³-hybridized carbons (Fsp3) is 0.600. The second-order valence-electron chi connectivity index (χ2n) is 8.58. The number of benzene rings is 1. The Hall–Kier alpha value is -1.70. The monoisotopic (exact) mass is 391 g/mol. The lowest BCUT2D eigenvalue weighted by Crippen LogP contribution is -3.28. The highest BCUT2D eigenvalue weighted by Gasteiger charge is 2.27. The molecule has 0 aliphatic carbocycles. The van der Waals surface area contributed by atoms with Gasteiger partial charge in [0.2, 0.25) is 0 Å². The zero-order valence-corrected chi connectivity index (χ0v) is 17.8. The minimum atomic E-state index is -0.159. The first-order valence-corrected chi connectivity index (χ1v) is 10.4. The number of carbonyl (C=O) groups excluding carboxylic acids is 1. The fourth-order valence-electron chi connectivity index (χ4n) is 3.94. The lowest BCUT2D eigenvalue weighted by Gasteiger charge is -2.30. The molecule has 0 radical (unpaired) electrons. The highest BCUT2D eigenvalue weighted by molar-refractivity contribution is 7.71. The molecule has 1 aromatic heterocycles. The molecule has 2 aromatic rings. The van der Waals surface area contributed by atoms with Crippen LogP contribution in [0.3, 0.4) is 0 Å². The van der Waals surface area contributed by atoms with Gasteiger partial charge in [-0.25, -0.2) is 0 Å². The van der Waals surface area contributed by atoms with Crippen molar-refractivity contribution in [3.63, 3.8) is 0 Å². The number of aromatic nitrogens is 2. The highest BCUT2D eigenvalue weighted by atomic mass is 32.1. The van der Waals surface area contributed by atoms with E-state index >= 15 is 0 Å². The van der Waals surface area contributed by atoms with Gasteiger partial charge in [0.1, 0.15) is 26.2 Å². The zero-order chi connectivity index (χ0) is 19.6. The molecule has 1 aliphatic rings. The summed E-state index contributed by atoms with van der Waals surface area (Å²) >= 11 is 5.75. The van der Waals surface area contributed by atoms with Crippen LogP contribution in [0.15, 0.2) is 24.3 Å². The quantitative estimate of drug-likeness (QED) is 0.621. The lowest BCUT2D eigenvalue weighted by atomic mass is 10.1. The van der Waals surface area contributed by atoms with E-state index in [2.05, 4.69) is 45.6 Å². The van der Waals surface area contributed by atoms with Gasteiger partial charge in [0.05, 0.1) is 11.0 Å². The number of quaternary nitrogens is 2. The van der Waals surface area contributed by atoms with Crippen molar-refractivity contribution in [3.05, 3.63) is 29.0 Å². The van der Waals surface area contributed by atoms with Crippen molar-refractivity contribution in [2.24, 2.45) is 0 Å². The number of amides is 1. The molecule has 0 unspecified atom stereocenters. The molecule has 3 N–H and O–H groups in total. The molecule has 1 fully saturated rings. The molecular formula is C20H33N5OS+2. The van der Waals surface area contributed by atoms with Gasteiger partial charge in [0, 0.05) is 12.1 Å². The Labute approximate surface area is 166 Å². The lowest BCUT2D eigenvalue weighted by molar-refractivity contribution is -1.02. The van der Waals surface area contributed by atoms with Crippen molar-refractivity contribution in [1.82, 2.24) is 14.5 Å². The molecule has 0 atom stereocenters. The second-order valence-corrected chi connectivity index (χ2v) is 8.94. The number of imidazole rings is 1. The number of rotatable bonds is 5. The Morgan fingerprint density at radius 3 is 2.19 bits per heavy atom. The number of nitrogens with one attached hydrogen (secondary N) is 3. The first kappa shape index (κ1) is 20.0. The molecule has 0 spiro atoms. The van der Waals surface area contributed by atoms with E-state index in [-0.39, 0.29) is 11.4 Å². The molecule has 3 rings (SSSR count). The SMILES string of the molecule is CCn1c(=S)n(C[NH+]2CC[NH+](CC(=O)NC(C)(C)C)CC2)c2ccccc21. The summed E-state index contributed by atoms with van der Waals surface area (Å²) in [5.41, 5.74) is 2.27. The van der Waals surface area contributed by atoms with Crippen molar-refractivity contribution >= 4 is 29.2 Å². The summed E-state index contributed by atoms with van der Waals surface area (Å²) in [5.74, 6) is 0.147. The van der Waals surface area contributed by atoms with Gasteiger partial charge in [0.15, 0.2) is 18.0 Å². The molecule has 1 aliphatic heterocycles. The van der Waals surface area contributed by atoms with E-state index in [1.54, 1.807) is 0 Å². The van der Waals surface area contributed by atoms with Crippen LogP contribution in [0, 0.1) is 4.77 Å². The van der Waals surface area contributed by atoms with E-state index in [9.17, 15) is 4.79 Å². The average molecular weight is 392 g/mol. The first-order valence-electron chi connectivity index (χ1n) is 9.94. The van der Waals surface area contributed by atoms with Crippen LogP contribution in [0.25, 0.3) is 11.0 Å². The Kier molecular flexibility index (Phi) is 6.03. The molecule has 1 saturated heterocycles. The molecule has 0 bridgehead atoms. The van der Waals surface area contributed by atoms with E-state index in [0.29, 0.717) is 6.54 Å². The van der Waals surface area contributed by atoms with Gasteiger partial charge >= 0.3 is 0 Å². The van der Waals surface area contributed by atoms with Crippen LogP contribution in [0.1, 0.15) is 27.7 Å². The minimum absolute atomic E-state index is 0.147. The van der Waals surface area contributed by atoms with Gasteiger partial charge in [-0.15, -0.1) is 0 Å². The summed E-state index contributed by atoms with van der Waals surface area (Å²) in [4.78, 5) is 15.1. The maximum atomic E-state index is 12.2. The van der Waals surface area contributed by atoms with Gasteiger partial charge in [0.25, 0.3) is 5.91 Å². The van der Waals surface area contributed by atoms with Crippen molar-refractivity contribution in [1.29, 1.82) is 0 Å². The van der Waals surface area contributed by atoms with Crippen molar-refractivity contribution in [2.45, 2.75) is 46.4 Å². The summed E-state index contributed by atoms with van der Waals surface area (Å²) in [6.07, 6.45) is 0. The van der Waals surface area contributed by atoms with Crippen molar-refractivity contribution < 1.29 is 14.6 Å². The third kappa shape index (κ3) is 4.78. The predicted octanol–water partition coefficient (Wildman–Crippen LogP) is -0.152. The summed E-state index contributed by atoms with van der Waals surface area (Å²) in [6.45, 7) is 14.7. The second kappa shape index (κ2) is 8.12. The van der Waals surface area contributed by atoms with E-state index in [0.717, 1.165) is 44.2 Å². The minimum Gasteiger partial charge on any atom is -0.347 e. The first-order chi connectivity index (χ1) is 12.8. The Balaban J connectivity index is 1.62. The van der Waals surface area contributed by atoms with Crippen molar-refractivity contribution in [2.75, 3.05) is 32.7 Å². The smallest absolute Gasteiger partial charge is 0.275 e. The average Bonchev–Trinajstić information content (AvgIpc) is 2.86. The number of hydrogen-bond donors (Lipinski definition) is 3.